The zero-order chi connectivity index (χ0) is 13.6. The molecule has 0 aromatic carbocycles. The summed E-state index contributed by atoms with van der Waals surface area (Å²) in [4.78, 5) is 26.9. The largest absolute Gasteiger partial charge is 0.337 e. The number of rotatable bonds is 1. The van der Waals surface area contributed by atoms with E-state index < -0.39 is 24.9 Å². The summed E-state index contributed by atoms with van der Waals surface area (Å²) in [5, 5.41) is 5.29. The van der Waals surface area contributed by atoms with Gasteiger partial charge in [0.15, 0.2) is 0 Å². The van der Waals surface area contributed by atoms with Crippen molar-refractivity contribution >= 4 is 24.3 Å². The molecule has 3 amide bonds. The van der Waals surface area contributed by atoms with E-state index in [0.29, 0.717) is 26.2 Å². The number of piperazine rings is 1. The molecule has 2 unspecified atom stereocenters. The average Bonchev–Trinajstić information content (AvgIpc) is 2.92. The van der Waals surface area contributed by atoms with E-state index in [2.05, 4.69) is 10.6 Å². The van der Waals surface area contributed by atoms with E-state index in [4.69, 9.17) is 0 Å². The number of nitrogens with one attached hydrogen (secondary N) is 2. The fourth-order valence-corrected chi connectivity index (χ4v) is 2.91. The van der Waals surface area contributed by atoms with E-state index in [1.54, 1.807) is 9.80 Å². The minimum atomic E-state index is -2.80. The minimum absolute atomic E-state index is 0. The van der Waals surface area contributed by atoms with Crippen molar-refractivity contribution in [3.05, 3.63) is 0 Å². The molecule has 0 bridgehead atoms. The van der Waals surface area contributed by atoms with Gasteiger partial charge in [-0.25, -0.2) is 13.6 Å². The lowest BCUT2D eigenvalue weighted by molar-refractivity contribution is -0.135. The third-order valence-electron chi connectivity index (χ3n) is 3.95. The minimum Gasteiger partial charge on any atom is -0.337 e. The molecular weight excluding hydrogens is 294 g/mol. The summed E-state index contributed by atoms with van der Waals surface area (Å²) in [6, 6.07) is -0.943. The third kappa shape index (κ3) is 2.67. The van der Waals surface area contributed by atoms with Crippen molar-refractivity contribution in [3.63, 3.8) is 0 Å². The van der Waals surface area contributed by atoms with Crippen LogP contribution in [0.2, 0.25) is 0 Å². The summed E-state index contributed by atoms with van der Waals surface area (Å²) >= 11 is 0. The molecule has 0 saturated carbocycles. The Balaban J connectivity index is 0.00000147. The number of hydrogen-bond acceptors (Lipinski definition) is 3. The number of halogens is 3. The van der Waals surface area contributed by atoms with Crippen LogP contribution < -0.4 is 10.6 Å². The molecule has 0 aliphatic carbocycles. The van der Waals surface area contributed by atoms with Gasteiger partial charge in [0.05, 0.1) is 18.6 Å². The maximum absolute atomic E-state index is 13.1. The Morgan fingerprint density at radius 3 is 2.75 bits per heavy atom. The molecule has 3 fully saturated rings. The molecule has 0 aromatic heterocycles. The Labute approximate surface area is 121 Å². The number of alkyl halides is 2. The van der Waals surface area contributed by atoms with Crippen molar-refractivity contribution < 1.29 is 18.4 Å². The summed E-state index contributed by atoms with van der Waals surface area (Å²) in [5.74, 6) is -3.08. The molecule has 20 heavy (non-hydrogen) atoms. The standard InChI is InChI=1S/C11H16F2N4O2.ClH/c12-11(13)3-8(15-6-11)9(18)16-1-2-17-7(5-16)4-14-10(17)19;/h7-8,15H,1-6H2,(H,14,19);1H. The normalized spacial score (nSPS) is 31.6. The van der Waals surface area contributed by atoms with Gasteiger partial charge in [0.1, 0.15) is 0 Å². The SMILES string of the molecule is Cl.O=C(C1CC(F)(F)CN1)N1CCN2C(=O)NCC2C1. The van der Waals surface area contributed by atoms with Crippen molar-refractivity contribution in [2.24, 2.45) is 0 Å². The van der Waals surface area contributed by atoms with E-state index in [-0.39, 0.29) is 30.4 Å². The molecule has 2 N–H and O–H groups in total. The van der Waals surface area contributed by atoms with Crippen molar-refractivity contribution in [2.45, 2.75) is 24.4 Å². The van der Waals surface area contributed by atoms with Gasteiger partial charge in [-0.05, 0) is 0 Å². The Hall–Kier alpha value is -1.15. The van der Waals surface area contributed by atoms with Crippen LogP contribution in [0.1, 0.15) is 6.42 Å². The van der Waals surface area contributed by atoms with Gasteiger partial charge >= 0.3 is 6.03 Å². The predicted molar refractivity (Wildman–Crippen MR) is 69.1 cm³/mol. The second kappa shape index (κ2) is 5.33. The molecule has 2 atom stereocenters. The van der Waals surface area contributed by atoms with Crippen LogP contribution in [0.4, 0.5) is 13.6 Å². The first kappa shape index (κ1) is 15.2. The number of nitrogens with zero attached hydrogens (tertiary/aromatic N) is 2. The van der Waals surface area contributed by atoms with Crippen LogP contribution in [0.25, 0.3) is 0 Å². The van der Waals surface area contributed by atoms with Crippen molar-refractivity contribution in [1.29, 1.82) is 0 Å². The topological polar surface area (TPSA) is 64.7 Å². The molecule has 0 spiro atoms. The van der Waals surface area contributed by atoms with E-state index in [0.717, 1.165) is 0 Å². The summed E-state index contributed by atoms with van der Waals surface area (Å²) in [6.45, 7) is 1.36. The summed E-state index contributed by atoms with van der Waals surface area (Å²) in [6.07, 6.45) is -0.437. The van der Waals surface area contributed by atoms with Crippen LogP contribution in [0.5, 0.6) is 0 Å². The number of carbonyl (C=O) groups is 2. The number of carbonyl (C=O) groups excluding carboxylic acids is 2. The quantitative estimate of drug-likeness (QED) is 0.695. The first-order valence-corrected chi connectivity index (χ1v) is 6.41. The first-order valence-electron chi connectivity index (χ1n) is 6.41. The fraction of sp³-hybridized carbons (Fsp3) is 0.818. The van der Waals surface area contributed by atoms with Gasteiger partial charge in [-0.3, -0.25) is 10.1 Å². The first-order chi connectivity index (χ1) is 8.96. The van der Waals surface area contributed by atoms with Gasteiger partial charge in [0.25, 0.3) is 5.92 Å². The fourth-order valence-electron chi connectivity index (χ4n) is 2.91. The molecule has 9 heteroatoms. The summed E-state index contributed by atoms with van der Waals surface area (Å²) < 4.78 is 26.2. The van der Waals surface area contributed by atoms with Crippen LogP contribution in [-0.4, -0.2) is 72.5 Å². The molecule has 3 aliphatic rings. The Kier molecular flexibility index (Phi) is 4.06. The number of hydrogen-bond donors (Lipinski definition) is 2. The van der Waals surface area contributed by atoms with Crippen molar-refractivity contribution in [3.8, 4) is 0 Å². The van der Waals surface area contributed by atoms with Crippen LogP contribution >= 0.6 is 12.4 Å². The maximum Gasteiger partial charge on any atom is 0.317 e. The lowest BCUT2D eigenvalue weighted by Crippen LogP contribution is -2.56. The summed E-state index contributed by atoms with van der Waals surface area (Å²) in [5.41, 5.74) is 0. The van der Waals surface area contributed by atoms with Gasteiger partial charge in [-0.2, -0.15) is 0 Å². The zero-order valence-electron chi connectivity index (χ0n) is 10.8. The van der Waals surface area contributed by atoms with Gasteiger partial charge in [0.2, 0.25) is 5.91 Å². The smallest absolute Gasteiger partial charge is 0.317 e. The molecule has 0 aromatic rings. The Morgan fingerprint density at radius 2 is 2.10 bits per heavy atom. The molecule has 3 rings (SSSR count). The lowest BCUT2D eigenvalue weighted by atomic mass is 10.1. The predicted octanol–water partition coefficient (Wildman–Crippen LogP) is -0.359. The second-order valence-electron chi connectivity index (χ2n) is 5.31. The van der Waals surface area contributed by atoms with Gasteiger partial charge in [-0.1, -0.05) is 0 Å². The van der Waals surface area contributed by atoms with Crippen molar-refractivity contribution in [2.75, 3.05) is 32.7 Å². The molecule has 0 radical (unpaired) electrons. The number of urea groups is 1. The highest BCUT2D eigenvalue weighted by atomic mass is 35.5. The molecule has 114 valence electrons. The average molecular weight is 311 g/mol. The number of amides is 3. The van der Waals surface area contributed by atoms with Gasteiger partial charge in [-0.15, -0.1) is 12.4 Å². The van der Waals surface area contributed by atoms with Crippen molar-refractivity contribution in [1.82, 2.24) is 20.4 Å². The Bertz CT molecular complexity index is 423. The zero-order valence-corrected chi connectivity index (χ0v) is 11.6. The Morgan fingerprint density at radius 1 is 1.35 bits per heavy atom. The van der Waals surface area contributed by atoms with E-state index in [1.807, 2.05) is 0 Å². The highest BCUT2D eigenvalue weighted by Gasteiger charge is 2.45. The highest BCUT2D eigenvalue weighted by Crippen LogP contribution is 2.26. The third-order valence-corrected chi connectivity index (χ3v) is 3.95. The lowest BCUT2D eigenvalue weighted by Gasteiger charge is -2.37. The van der Waals surface area contributed by atoms with Gasteiger partial charge < -0.3 is 15.1 Å². The molecule has 3 aliphatic heterocycles. The van der Waals surface area contributed by atoms with E-state index in [9.17, 15) is 18.4 Å². The number of fused-ring (bicyclic) bond motifs is 1. The monoisotopic (exact) mass is 310 g/mol. The highest BCUT2D eigenvalue weighted by molar-refractivity contribution is 5.85. The van der Waals surface area contributed by atoms with Crippen LogP contribution in [0.3, 0.4) is 0 Å². The summed E-state index contributed by atoms with van der Waals surface area (Å²) in [7, 11) is 0. The van der Waals surface area contributed by atoms with Crippen LogP contribution in [0, 0.1) is 0 Å². The van der Waals surface area contributed by atoms with Crippen LogP contribution in [-0.2, 0) is 4.79 Å². The molecule has 6 nitrogen and oxygen atoms in total. The van der Waals surface area contributed by atoms with E-state index in [1.165, 1.54) is 0 Å². The van der Waals surface area contributed by atoms with E-state index >= 15 is 0 Å². The van der Waals surface area contributed by atoms with Crippen LogP contribution in [0.15, 0.2) is 0 Å². The molecule has 3 saturated heterocycles. The molecule has 3 heterocycles. The molecular formula is C11H17ClF2N4O2. The maximum atomic E-state index is 13.1. The van der Waals surface area contributed by atoms with Gasteiger partial charge in [0, 0.05) is 32.6 Å². The second-order valence-corrected chi connectivity index (χ2v) is 5.31.